The van der Waals surface area contributed by atoms with Crippen molar-refractivity contribution in [2.24, 2.45) is 5.92 Å². The Bertz CT molecular complexity index is 105. The van der Waals surface area contributed by atoms with Gasteiger partial charge < -0.3 is 5.11 Å². The Morgan fingerprint density at radius 3 is 2.70 bits per heavy atom. The van der Waals surface area contributed by atoms with E-state index in [0.29, 0.717) is 0 Å². The average Bonchev–Trinajstić information content (AvgIpc) is 1.99. The smallest absolute Gasteiger partial charge is 0.0493 e. The standard InChI is InChI=1S/C9H16O/c1-3-5-6-7-9(4-2)8-10/h3-5,9-10H,2,6-8H2,1H3. The van der Waals surface area contributed by atoms with Crippen molar-refractivity contribution in [1.82, 2.24) is 0 Å². The second kappa shape index (κ2) is 6.56. The van der Waals surface area contributed by atoms with Crippen LogP contribution in [0, 0.1) is 5.92 Å². The highest BCUT2D eigenvalue weighted by Crippen LogP contribution is 2.06. The van der Waals surface area contributed by atoms with Crippen molar-refractivity contribution in [1.29, 1.82) is 0 Å². The van der Waals surface area contributed by atoms with Crippen LogP contribution in [0.2, 0.25) is 0 Å². The molecule has 0 spiro atoms. The Balaban J connectivity index is 3.34. The van der Waals surface area contributed by atoms with Crippen LogP contribution in [0.25, 0.3) is 0 Å². The molecule has 58 valence electrons. The molecule has 0 bridgehead atoms. The molecule has 1 N–H and O–H groups in total. The lowest BCUT2D eigenvalue weighted by molar-refractivity contribution is 0.247. The van der Waals surface area contributed by atoms with Crippen molar-refractivity contribution in [3.8, 4) is 0 Å². The van der Waals surface area contributed by atoms with Crippen LogP contribution in [-0.2, 0) is 0 Å². The van der Waals surface area contributed by atoms with Gasteiger partial charge in [-0.15, -0.1) is 6.58 Å². The van der Waals surface area contributed by atoms with Gasteiger partial charge in [0.2, 0.25) is 0 Å². The van der Waals surface area contributed by atoms with Crippen molar-refractivity contribution >= 4 is 0 Å². The zero-order valence-corrected chi connectivity index (χ0v) is 6.59. The lowest BCUT2D eigenvalue weighted by Crippen LogP contribution is -2.00. The first-order valence-electron chi connectivity index (χ1n) is 3.69. The molecule has 0 saturated carbocycles. The summed E-state index contributed by atoms with van der Waals surface area (Å²) in [5.74, 6) is 0.274. The summed E-state index contributed by atoms with van der Waals surface area (Å²) in [4.78, 5) is 0. The summed E-state index contributed by atoms with van der Waals surface area (Å²) >= 11 is 0. The highest BCUT2D eigenvalue weighted by molar-refractivity contribution is 4.83. The number of hydrogen-bond acceptors (Lipinski definition) is 1. The molecule has 0 rings (SSSR count). The van der Waals surface area contributed by atoms with Crippen LogP contribution in [0.4, 0.5) is 0 Å². The van der Waals surface area contributed by atoms with Crippen LogP contribution >= 0.6 is 0 Å². The molecule has 1 heteroatoms. The normalized spacial score (nSPS) is 13.8. The summed E-state index contributed by atoms with van der Waals surface area (Å²) in [5, 5.41) is 8.73. The predicted molar refractivity (Wildman–Crippen MR) is 44.8 cm³/mol. The van der Waals surface area contributed by atoms with Gasteiger partial charge in [-0.05, 0) is 25.7 Å². The third kappa shape index (κ3) is 4.33. The van der Waals surface area contributed by atoms with Crippen molar-refractivity contribution < 1.29 is 5.11 Å². The van der Waals surface area contributed by atoms with Crippen LogP contribution in [0.15, 0.2) is 24.8 Å². The van der Waals surface area contributed by atoms with Crippen LogP contribution in [0.5, 0.6) is 0 Å². The topological polar surface area (TPSA) is 20.2 Å². The molecule has 0 aliphatic heterocycles. The number of hydrogen-bond donors (Lipinski definition) is 1. The Morgan fingerprint density at radius 2 is 2.30 bits per heavy atom. The average molecular weight is 140 g/mol. The van der Waals surface area contributed by atoms with E-state index in [4.69, 9.17) is 5.11 Å². The van der Waals surface area contributed by atoms with Gasteiger partial charge in [0.15, 0.2) is 0 Å². The molecule has 0 aliphatic rings. The molecule has 0 amide bonds. The second-order valence-electron chi connectivity index (χ2n) is 2.32. The van der Waals surface area contributed by atoms with Crippen molar-refractivity contribution in [2.45, 2.75) is 19.8 Å². The third-order valence-corrected chi connectivity index (χ3v) is 1.51. The fourth-order valence-electron chi connectivity index (χ4n) is 0.761. The van der Waals surface area contributed by atoms with Crippen molar-refractivity contribution in [2.75, 3.05) is 6.61 Å². The molecule has 1 unspecified atom stereocenters. The second-order valence-corrected chi connectivity index (χ2v) is 2.32. The minimum atomic E-state index is 0.223. The SMILES string of the molecule is C=CC(CO)CCC=CC. The largest absolute Gasteiger partial charge is 0.396 e. The maximum absolute atomic E-state index is 8.73. The minimum absolute atomic E-state index is 0.223. The summed E-state index contributed by atoms with van der Waals surface area (Å²) in [6, 6.07) is 0. The van der Waals surface area contributed by atoms with Crippen molar-refractivity contribution in [3.05, 3.63) is 24.8 Å². The number of allylic oxidation sites excluding steroid dienone is 2. The molecule has 1 nitrogen and oxygen atoms in total. The molecule has 10 heavy (non-hydrogen) atoms. The Kier molecular flexibility index (Phi) is 6.19. The zero-order valence-electron chi connectivity index (χ0n) is 6.59. The highest BCUT2D eigenvalue weighted by atomic mass is 16.3. The quantitative estimate of drug-likeness (QED) is 0.580. The van der Waals surface area contributed by atoms with Gasteiger partial charge in [0, 0.05) is 6.61 Å². The monoisotopic (exact) mass is 140 g/mol. The first kappa shape index (κ1) is 9.44. The first-order valence-corrected chi connectivity index (χ1v) is 3.69. The van der Waals surface area contributed by atoms with Crippen LogP contribution in [0.1, 0.15) is 19.8 Å². The molecule has 0 radical (unpaired) electrons. The lowest BCUT2D eigenvalue weighted by atomic mass is 10.0. The Labute approximate surface area is 63.1 Å². The van der Waals surface area contributed by atoms with Gasteiger partial charge in [0.05, 0.1) is 0 Å². The van der Waals surface area contributed by atoms with E-state index in [1.165, 1.54) is 0 Å². The fourth-order valence-corrected chi connectivity index (χ4v) is 0.761. The van der Waals surface area contributed by atoms with E-state index < -0.39 is 0 Å². The summed E-state index contributed by atoms with van der Waals surface area (Å²) < 4.78 is 0. The zero-order chi connectivity index (χ0) is 7.82. The molecule has 0 aliphatic carbocycles. The summed E-state index contributed by atoms with van der Waals surface area (Å²) in [6.45, 7) is 5.85. The van der Waals surface area contributed by atoms with E-state index in [-0.39, 0.29) is 12.5 Å². The van der Waals surface area contributed by atoms with Gasteiger partial charge in [-0.25, -0.2) is 0 Å². The number of rotatable bonds is 5. The van der Waals surface area contributed by atoms with E-state index in [9.17, 15) is 0 Å². The maximum atomic E-state index is 8.73. The van der Waals surface area contributed by atoms with Crippen LogP contribution in [-0.4, -0.2) is 11.7 Å². The molecule has 1 atom stereocenters. The molecule has 0 aromatic carbocycles. The Hall–Kier alpha value is -0.560. The molecule has 0 fully saturated rings. The van der Waals surface area contributed by atoms with Crippen LogP contribution in [0.3, 0.4) is 0 Å². The van der Waals surface area contributed by atoms with E-state index in [2.05, 4.69) is 12.7 Å². The minimum Gasteiger partial charge on any atom is -0.396 e. The van der Waals surface area contributed by atoms with E-state index in [1.54, 1.807) is 0 Å². The maximum Gasteiger partial charge on any atom is 0.0493 e. The van der Waals surface area contributed by atoms with E-state index in [1.807, 2.05) is 19.1 Å². The van der Waals surface area contributed by atoms with Crippen molar-refractivity contribution in [3.63, 3.8) is 0 Å². The van der Waals surface area contributed by atoms with Gasteiger partial charge >= 0.3 is 0 Å². The lowest BCUT2D eigenvalue weighted by Gasteiger charge is -2.04. The molecule has 0 saturated heterocycles. The molecular weight excluding hydrogens is 124 g/mol. The summed E-state index contributed by atoms with van der Waals surface area (Å²) in [7, 11) is 0. The number of aliphatic hydroxyl groups is 1. The van der Waals surface area contributed by atoms with Gasteiger partial charge in [-0.2, -0.15) is 0 Å². The predicted octanol–water partition coefficient (Wildman–Crippen LogP) is 2.14. The van der Waals surface area contributed by atoms with Crippen LogP contribution < -0.4 is 0 Å². The van der Waals surface area contributed by atoms with Gasteiger partial charge in [-0.3, -0.25) is 0 Å². The summed E-state index contributed by atoms with van der Waals surface area (Å²) in [5.41, 5.74) is 0. The summed E-state index contributed by atoms with van der Waals surface area (Å²) in [6.07, 6.45) is 7.98. The van der Waals surface area contributed by atoms with Gasteiger partial charge in [0.25, 0.3) is 0 Å². The van der Waals surface area contributed by atoms with Gasteiger partial charge in [-0.1, -0.05) is 18.2 Å². The van der Waals surface area contributed by atoms with E-state index in [0.717, 1.165) is 12.8 Å². The number of aliphatic hydroxyl groups excluding tert-OH is 1. The molecule has 0 heterocycles. The fraction of sp³-hybridized carbons (Fsp3) is 0.556. The third-order valence-electron chi connectivity index (χ3n) is 1.51. The molecule has 0 aromatic heterocycles. The Morgan fingerprint density at radius 1 is 1.60 bits per heavy atom. The molecule has 0 aromatic rings. The van der Waals surface area contributed by atoms with Gasteiger partial charge in [0.1, 0.15) is 0 Å². The first-order chi connectivity index (χ1) is 4.85. The van der Waals surface area contributed by atoms with E-state index >= 15 is 0 Å². The highest BCUT2D eigenvalue weighted by Gasteiger charge is 1.98. The molecular formula is C9H16O.